The van der Waals surface area contributed by atoms with Crippen LogP contribution in [0.5, 0.6) is 0 Å². The van der Waals surface area contributed by atoms with Crippen molar-refractivity contribution in [3.05, 3.63) is 16.5 Å². The molecule has 3 heterocycles. The van der Waals surface area contributed by atoms with Crippen LogP contribution in [0.2, 0.25) is 0 Å². The Bertz CT molecular complexity index is 984. The lowest BCUT2D eigenvalue weighted by Gasteiger charge is -2.34. The standard InChI is InChI=1S/C20H27N3O5S2/c1-13-12-15(17(24)28-2)29-18(13)30(26,27)23-10-8-20(9-11-23)19(25)21-16(22-20)14-6-4-3-5-7-14/h12,14H,3-11H2,1-2H3,(H,21,22,25). The molecule has 4 rings (SSSR count). The molecule has 1 aromatic rings. The minimum absolute atomic E-state index is 0.0968. The predicted octanol–water partition coefficient (Wildman–Crippen LogP) is 2.48. The molecule has 1 aromatic heterocycles. The Kier molecular flexibility index (Phi) is 5.75. The molecule has 2 aliphatic heterocycles. The summed E-state index contributed by atoms with van der Waals surface area (Å²) in [6, 6.07) is 1.54. The van der Waals surface area contributed by atoms with E-state index in [0.29, 0.717) is 24.3 Å². The van der Waals surface area contributed by atoms with Crippen LogP contribution in [-0.4, -0.2) is 56.2 Å². The van der Waals surface area contributed by atoms with Gasteiger partial charge in [0.25, 0.3) is 15.9 Å². The number of ether oxygens (including phenoxy) is 1. The van der Waals surface area contributed by atoms with Crippen LogP contribution in [-0.2, 0) is 19.6 Å². The number of hydrogen-bond acceptors (Lipinski definition) is 7. The molecule has 3 aliphatic rings. The molecule has 2 fully saturated rings. The molecule has 1 N–H and O–H groups in total. The van der Waals surface area contributed by atoms with E-state index in [-0.39, 0.29) is 28.1 Å². The van der Waals surface area contributed by atoms with Crippen molar-refractivity contribution in [1.29, 1.82) is 0 Å². The highest BCUT2D eigenvalue weighted by Gasteiger charge is 2.48. The number of carbonyl (C=O) groups excluding carboxylic acids is 2. The first-order valence-corrected chi connectivity index (χ1v) is 12.6. The molecule has 1 saturated carbocycles. The summed E-state index contributed by atoms with van der Waals surface area (Å²) < 4.78 is 32.6. The fourth-order valence-corrected chi connectivity index (χ4v) is 7.78. The van der Waals surface area contributed by atoms with Crippen LogP contribution in [0.4, 0.5) is 0 Å². The van der Waals surface area contributed by atoms with Crippen LogP contribution in [0.3, 0.4) is 0 Å². The predicted molar refractivity (Wildman–Crippen MR) is 113 cm³/mol. The van der Waals surface area contributed by atoms with Crippen LogP contribution in [0.1, 0.15) is 60.2 Å². The highest BCUT2D eigenvalue weighted by molar-refractivity contribution is 7.91. The summed E-state index contributed by atoms with van der Waals surface area (Å²) >= 11 is 0.925. The molecular formula is C20H27N3O5S2. The van der Waals surface area contributed by atoms with Gasteiger partial charge in [0.1, 0.15) is 20.5 Å². The number of rotatable bonds is 4. The third-order valence-electron chi connectivity index (χ3n) is 6.37. The molecule has 1 saturated heterocycles. The van der Waals surface area contributed by atoms with Gasteiger partial charge < -0.3 is 10.1 Å². The number of nitrogens with zero attached hydrogens (tertiary/aromatic N) is 2. The van der Waals surface area contributed by atoms with Gasteiger partial charge in [-0.15, -0.1) is 11.3 Å². The van der Waals surface area contributed by atoms with Gasteiger partial charge in [-0.1, -0.05) is 19.3 Å². The number of amides is 1. The van der Waals surface area contributed by atoms with Gasteiger partial charge >= 0.3 is 5.97 Å². The zero-order chi connectivity index (χ0) is 21.5. The van der Waals surface area contributed by atoms with Gasteiger partial charge in [0.15, 0.2) is 0 Å². The number of hydrogen-bond donors (Lipinski definition) is 1. The molecule has 0 unspecified atom stereocenters. The number of esters is 1. The minimum Gasteiger partial charge on any atom is -0.465 e. The van der Waals surface area contributed by atoms with E-state index in [0.717, 1.165) is 42.9 Å². The minimum atomic E-state index is -3.75. The Morgan fingerprint density at radius 3 is 2.57 bits per heavy atom. The second-order valence-corrected chi connectivity index (χ2v) is 11.5. The molecule has 1 amide bonds. The first kappa shape index (κ1) is 21.5. The number of aliphatic imine (C=N–C) groups is 1. The summed E-state index contributed by atoms with van der Waals surface area (Å²) in [6.07, 6.45) is 6.38. The maximum Gasteiger partial charge on any atom is 0.348 e. The Balaban J connectivity index is 1.50. The van der Waals surface area contributed by atoms with Gasteiger partial charge in [0.05, 0.1) is 7.11 Å². The molecule has 1 aliphatic carbocycles. The van der Waals surface area contributed by atoms with Crippen molar-refractivity contribution in [1.82, 2.24) is 9.62 Å². The van der Waals surface area contributed by atoms with Crippen molar-refractivity contribution in [3.63, 3.8) is 0 Å². The molecule has 0 atom stereocenters. The van der Waals surface area contributed by atoms with E-state index in [2.05, 4.69) is 5.32 Å². The number of nitrogens with one attached hydrogen (secondary N) is 1. The lowest BCUT2D eigenvalue weighted by Crippen LogP contribution is -2.50. The zero-order valence-corrected chi connectivity index (χ0v) is 18.9. The number of sulfonamides is 1. The van der Waals surface area contributed by atoms with E-state index < -0.39 is 21.5 Å². The van der Waals surface area contributed by atoms with Gasteiger partial charge in [0, 0.05) is 19.0 Å². The maximum atomic E-state index is 13.2. The van der Waals surface area contributed by atoms with E-state index >= 15 is 0 Å². The van der Waals surface area contributed by atoms with Gasteiger partial charge in [-0.25, -0.2) is 13.2 Å². The molecule has 164 valence electrons. The third-order valence-corrected chi connectivity index (χ3v) is 10.1. The maximum absolute atomic E-state index is 13.2. The lowest BCUT2D eigenvalue weighted by molar-refractivity contribution is -0.125. The number of amidine groups is 1. The average molecular weight is 454 g/mol. The smallest absolute Gasteiger partial charge is 0.348 e. The average Bonchev–Trinajstić information content (AvgIpc) is 3.29. The summed E-state index contributed by atoms with van der Waals surface area (Å²) in [7, 11) is -2.48. The topological polar surface area (TPSA) is 105 Å². The van der Waals surface area contributed by atoms with Gasteiger partial charge in [-0.05, 0) is 44.2 Å². The molecule has 1 spiro atoms. The fraction of sp³-hybridized carbons (Fsp3) is 0.650. The number of carbonyl (C=O) groups is 2. The SMILES string of the molecule is COC(=O)c1cc(C)c(S(=O)(=O)N2CCC3(CC2)N=C(C2CCCCC2)NC3=O)s1. The van der Waals surface area contributed by atoms with Crippen LogP contribution in [0, 0.1) is 12.8 Å². The van der Waals surface area contributed by atoms with Gasteiger partial charge in [-0.3, -0.25) is 9.79 Å². The Morgan fingerprint density at radius 1 is 1.27 bits per heavy atom. The summed E-state index contributed by atoms with van der Waals surface area (Å²) in [5.41, 5.74) is -0.322. The van der Waals surface area contributed by atoms with Gasteiger partial charge in [0.2, 0.25) is 0 Å². The van der Waals surface area contributed by atoms with Gasteiger partial charge in [-0.2, -0.15) is 4.31 Å². The van der Waals surface area contributed by atoms with Crippen molar-refractivity contribution in [3.8, 4) is 0 Å². The second-order valence-electron chi connectivity index (χ2n) is 8.29. The molecule has 8 nitrogen and oxygen atoms in total. The normalized spacial score (nSPS) is 22.7. The largest absolute Gasteiger partial charge is 0.465 e. The van der Waals surface area contributed by atoms with E-state index in [1.165, 1.54) is 17.8 Å². The Morgan fingerprint density at radius 2 is 1.93 bits per heavy atom. The highest BCUT2D eigenvalue weighted by atomic mass is 32.2. The van der Waals surface area contributed by atoms with Crippen molar-refractivity contribution >= 4 is 39.1 Å². The first-order chi connectivity index (χ1) is 14.3. The fourth-order valence-electron chi connectivity index (χ4n) is 4.59. The van der Waals surface area contributed by atoms with E-state index in [1.807, 2.05) is 0 Å². The van der Waals surface area contributed by atoms with Crippen LogP contribution < -0.4 is 5.32 Å². The summed E-state index contributed by atoms with van der Waals surface area (Å²) in [5, 5.41) is 2.99. The molecule has 10 heteroatoms. The van der Waals surface area contributed by atoms with Crippen molar-refractivity contribution < 1.29 is 22.7 Å². The van der Waals surface area contributed by atoms with Crippen molar-refractivity contribution in [2.45, 2.75) is 61.6 Å². The zero-order valence-electron chi connectivity index (χ0n) is 17.3. The first-order valence-electron chi connectivity index (χ1n) is 10.4. The summed E-state index contributed by atoms with van der Waals surface area (Å²) in [6.45, 7) is 2.12. The van der Waals surface area contributed by atoms with Crippen LogP contribution in [0.15, 0.2) is 15.3 Å². The monoisotopic (exact) mass is 453 g/mol. The molecule has 0 bridgehead atoms. The number of methoxy groups -OCH3 is 1. The summed E-state index contributed by atoms with van der Waals surface area (Å²) in [4.78, 5) is 29.6. The Labute approximate surface area is 180 Å². The number of aryl methyl sites for hydroxylation is 1. The molecule has 0 radical (unpaired) electrons. The highest BCUT2D eigenvalue weighted by Crippen LogP contribution is 2.37. The van der Waals surface area contributed by atoms with E-state index in [4.69, 9.17) is 9.73 Å². The van der Waals surface area contributed by atoms with Crippen molar-refractivity contribution in [2.75, 3.05) is 20.2 Å². The van der Waals surface area contributed by atoms with Crippen LogP contribution >= 0.6 is 11.3 Å². The van der Waals surface area contributed by atoms with Crippen LogP contribution in [0.25, 0.3) is 0 Å². The summed E-state index contributed by atoms with van der Waals surface area (Å²) in [5.74, 6) is 0.469. The second kappa shape index (κ2) is 8.05. The number of piperidine rings is 1. The third kappa shape index (κ3) is 3.69. The molecule has 30 heavy (non-hydrogen) atoms. The quantitative estimate of drug-likeness (QED) is 0.705. The number of thiophene rings is 1. The van der Waals surface area contributed by atoms with Crippen molar-refractivity contribution in [2.24, 2.45) is 10.9 Å². The van der Waals surface area contributed by atoms with E-state index in [9.17, 15) is 18.0 Å². The molecular weight excluding hydrogens is 426 g/mol. The lowest BCUT2D eigenvalue weighted by atomic mass is 9.88. The van der Waals surface area contributed by atoms with E-state index in [1.54, 1.807) is 13.0 Å². The Hall–Kier alpha value is -1.78. The molecule has 0 aromatic carbocycles.